The molecule has 19 heavy (non-hydrogen) atoms. The first kappa shape index (κ1) is 13.0. The molecule has 0 fully saturated rings. The van der Waals surface area contributed by atoms with Crippen LogP contribution in [0.4, 0.5) is 15.9 Å². The van der Waals surface area contributed by atoms with E-state index in [1.165, 1.54) is 18.2 Å². The highest BCUT2D eigenvalue weighted by Gasteiger charge is 2.12. The number of aromatic nitrogens is 1. The van der Waals surface area contributed by atoms with Gasteiger partial charge in [-0.3, -0.25) is 0 Å². The third-order valence-corrected chi connectivity index (χ3v) is 2.67. The fourth-order valence-electron chi connectivity index (χ4n) is 1.81. The number of benzene rings is 1. The van der Waals surface area contributed by atoms with Gasteiger partial charge in [0, 0.05) is 12.2 Å². The molecule has 1 heterocycles. The van der Waals surface area contributed by atoms with Crippen molar-refractivity contribution in [2.45, 2.75) is 6.92 Å². The smallest absolute Gasteiger partial charge is 0.354 e. The Morgan fingerprint density at radius 3 is 2.68 bits per heavy atom. The Morgan fingerprint density at radius 2 is 2.05 bits per heavy atom. The Hall–Kier alpha value is -2.43. The summed E-state index contributed by atoms with van der Waals surface area (Å²) < 4.78 is 13.2. The molecule has 1 N–H and O–H groups in total. The first-order valence-corrected chi connectivity index (χ1v) is 5.85. The molecule has 0 aliphatic rings. The second-order valence-corrected chi connectivity index (χ2v) is 3.91. The quantitative estimate of drug-likeness (QED) is 0.917. The molecule has 0 atom stereocenters. The summed E-state index contributed by atoms with van der Waals surface area (Å²) in [5, 5.41) is 8.94. The van der Waals surface area contributed by atoms with E-state index in [9.17, 15) is 9.18 Å². The number of nitrogens with zero attached hydrogens (tertiary/aromatic N) is 2. The molecule has 0 unspecified atom stereocenters. The van der Waals surface area contributed by atoms with Crippen LogP contribution in [0.5, 0.6) is 0 Å². The molecule has 98 valence electrons. The van der Waals surface area contributed by atoms with Gasteiger partial charge in [0.25, 0.3) is 0 Å². The predicted molar refractivity (Wildman–Crippen MR) is 70.3 cm³/mol. The SMILES string of the molecule is CCN(c1cccc(F)c1)c1cccc(C(=O)O)n1. The van der Waals surface area contributed by atoms with E-state index in [4.69, 9.17) is 5.11 Å². The highest BCUT2D eigenvalue weighted by molar-refractivity contribution is 5.86. The van der Waals surface area contributed by atoms with Crippen LogP contribution < -0.4 is 4.90 Å². The topological polar surface area (TPSA) is 53.4 Å². The minimum atomic E-state index is -1.09. The Kier molecular flexibility index (Phi) is 3.75. The Balaban J connectivity index is 2.42. The largest absolute Gasteiger partial charge is 0.477 e. The van der Waals surface area contributed by atoms with E-state index in [0.717, 1.165) is 0 Å². The number of hydrogen-bond acceptors (Lipinski definition) is 3. The predicted octanol–water partition coefficient (Wildman–Crippen LogP) is 3.08. The minimum Gasteiger partial charge on any atom is -0.477 e. The average Bonchev–Trinajstić information content (AvgIpc) is 2.40. The monoisotopic (exact) mass is 260 g/mol. The number of halogens is 1. The zero-order valence-corrected chi connectivity index (χ0v) is 10.4. The molecule has 5 heteroatoms. The highest BCUT2D eigenvalue weighted by atomic mass is 19.1. The summed E-state index contributed by atoms with van der Waals surface area (Å²) in [6.45, 7) is 2.44. The third-order valence-electron chi connectivity index (χ3n) is 2.67. The van der Waals surface area contributed by atoms with Gasteiger partial charge in [-0.25, -0.2) is 14.2 Å². The zero-order chi connectivity index (χ0) is 13.8. The standard InChI is InChI=1S/C14H13FN2O2/c1-2-17(11-6-3-5-10(15)9-11)13-8-4-7-12(16-13)14(18)19/h3-9H,2H2,1H3,(H,18,19). The third kappa shape index (κ3) is 2.88. The van der Waals surface area contributed by atoms with E-state index in [1.54, 1.807) is 29.2 Å². The number of carboxylic acid groups (broad SMARTS) is 1. The van der Waals surface area contributed by atoms with Crippen molar-refractivity contribution in [1.82, 2.24) is 4.98 Å². The first-order valence-electron chi connectivity index (χ1n) is 5.85. The van der Waals surface area contributed by atoms with Crippen LogP contribution in [-0.2, 0) is 0 Å². The van der Waals surface area contributed by atoms with E-state index < -0.39 is 5.97 Å². The van der Waals surface area contributed by atoms with E-state index in [2.05, 4.69) is 4.98 Å². The summed E-state index contributed by atoms with van der Waals surface area (Å²) in [5.41, 5.74) is 0.602. The van der Waals surface area contributed by atoms with Gasteiger partial charge in [-0.1, -0.05) is 12.1 Å². The van der Waals surface area contributed by atoms with Crippen molar-refractivity contribution in [2.75, 3.05) is 11.4 Å². The number of carboxylic acids is 1. The zero-order valence-electron chi connectivity index (χ0n) is 10.4. The second kappa shape index (κ2) is 5.48. The van der Waals surface area contributed by atoms with Gasteiger partial charge in [0.15, 0.2) is 5.69 Å². The van der Waals surface area contributed by atoms with Crippen molar-refractivity contribution >= 4 is 17.5 Å². The van der Waals surface area contributed by atoms with E-state index >= 15 is 0 Å². The molecule has 2 rings (SSSR count). The second-order valence-electron chi connectivity index (χ2n) is 3.91. The van der Waals surface area contributed by atoms with Crippen molar-refractivity contribution in [3.05, 3.63) is 54.0 Å². The van der Waals surface area contributed by atoms with Gasteiger partial charge in [0.2, 0.25) is 0 Å². The molecule has 4 nitrogen and oxygen atoms in total. The van der Waals surface area contributed by atoms with Crippen LogP contribution in [-0.4, -0.2) is 22.6 Å². The summed E-state index contributed by atoms with van der Waals surface area (Å²) >= 11 is 0. The maximum Gasteiger partial charge on any atom is 0.354 e. The molecule has 0 saturated carbocycles. The highest BCUT2D eigenvalue weighted by Crippen LogP contribution is 2.23. The molecule has 0 aliphatic heterocycles. The van der Waals surface area contributed by atoms with Crippen molar-refractivity contribution in [1.29, 1.82) is 0 Å². The van der Waals surface area contributed by atoms with E-state index in [0.29, 0.717) is 18.1 Å². The molecule has 1 aromatic carbocycles. The summed E-state index contributed by atoms with van der Waals surface area (Å²) in [7, 11) is 0. The minimum absolute atomic E-state index is 0.0349. The van der Waals surface area contributed by atoms with Gasteiger partial charge in [-0.05, 0) is 37.3 Å². The van der Waals surface area contributed by atoms with Gasteiger partial charge in [0.1, 0.15) is 11.6 Å². The average molecular weight is 260 g/mol. The maximum absolute atomic E-state index is 13.2. The van der Waals surface area contributed by atoms with Gasteiger partial charge >= 0.3 is 5.97 Å². The van der Waals surface area contributed by atoms with E-state index in [1.807, 2.05) is 6.92 Å². The Labute approximate surface area is 110 Å². The Morgan fingerprint density at radius 1 is 1.32 bits per heavy atom. The molecule has 0 spiro atoms. The lowest BCUT2D eigenvalue weighted by molar-refractivity contribution is 0.0690. The molecule has 0 amide bonds. The van der Waals surface area contributed by atoms with Crippen LogP contribution >= 0.6 is 0 Å². The maximum atomic E-state index is 13.2. The molecule has 0 aliphatic carbocycles. The molecule has 0 saturated heterocycles. The van der Waals surface area contributed by atoms with Crippen LogP contribution in [0.25, 0.3) is 0 Å². The molecule has 0 radical (unpaired) electrons. The number of carbonyl (C=O) groups is 1. The van der Waals surface area contributed by atoms with Gasteiger partial charge in [0.05, 0.1) is 0 Å². The van der Waals surface area contributed by atoms with Crippen molar-refractivity contribution in [3.8, 4) is 0 Å². The van der Waals surface area contributed by atoms with Gasteiger partial charge < -0.3 is 10.0 Å². The van der Waals surface area contributed by atoms with Crippen LogP contribution in [0.15, 0.2) is 42.5 Å². The fourth-order valence-corrected chi connectivity index (χ4v) is 1.81. The summed E-state index contributed by atoms with van der Waals surface area (Å²) in [6.07, 6.45) is 0. The molecular weight excluding hydrogens is 247 g/mol. The number of pyridine rings is 1. The lowest BCUT2D eigenvalue weighted by Gasteiger charge is -2.22. The molecule has 0 bridgehead atoms. The lowest BCUT2D eigenvalue weighted by Crippen LogP contribution is -2.18. The number of aromatic carboxylic acids is 1. The summed E-state index contributed by atoms with van der Waals surface area (Å²) in [4.78, 5) is 16.7. The molecule has 2 aromatic rings. The van der Waals surface area contributed by atoms with Gasteiger partial charge in [-0.2, -0.15) is 0 Å². The fraction of sp³-hybridized carbons (Fsp3) is 0.143. The normalized spacial score (nSPS) is 10.2. The van der Waals surface area contributed by atoms with Crippen molar-refractivity contribution in [2.24, 2.45) is 0 Å². The molecule has 1 aromatic heterocycles. The van der Waals surface area contributed by atoms with Crippen molar-refractivity contribution < 1.29 is 14.3 Å². The van der Waals surface area contributed by atoms with Crippen LogP contribution in [0.3, 0.4) is 0 Å². The van der Waals surface area contributed by atoms with Crippen molar-refractivity contribution in [3.63, 3.8) is 0 Å². The number of rotatable bonds is 4. The Bertz CT molecular complexity index is 602. The van der Waals surface area contributed by atoms with Gasteiger partial charge in [-0.15, -0.1) is 0 Å². The number of hydrogen-bond donors (Lipinski definition) is 1. The molecular formula is C14H13FN2O2. The van der Waals surface area contributed by atoms with Crippen LogP contribution in [0.2, 0.25) is 0 Å². The van der Waals surface area contributed by atoms with E-state index in [-0.39, 0.29) is 11.5 Å². The van der Waals surface area contributed by atoms with Crippen LogP contribution in [0.1, 0.15) is 17.4 Å². The summed E-state index contributed by atoms with van der Waals surface area (Å²) in [6, 6.07) is 10.8. The summed E-state index contributed by atoms with van der Waals surface area (Å²) in [5.74, 6) is -0.949. The lowest BCUT2D eigenvalue weighted by atomic mass is 10.2. The van der Waals surface area contributed by atoms with Crippen LogP contribution in [0, 0.1) is 5.82 Å². The first-order chi connectivity index (χ1) is 9.11. The number of anilines is 2.